The molecule has 1 fully saturated rings. The summed E-state index contributed by atoms with van der Waals surface area (Å²) in [5.74, 6) is -1.11. The molecule has 0 spiro atoms. The van der Waals surface area contributed by atoms with Crippen LogP contribution in [0.4, 0.5) is 10.5 Å². The number of benzene rings is 1. The van der Waals surface area contributed by atoms with Gasteiger partial charge in [0.2, 0.25) is 0 Å². The Hall–Kier alpha value is -1.79. The minimum absolute atomic E-state index is 0.218. The SMILES string of the molecule is O=C(O)CN(C(=O)N1CCC(O)C1)c1cccc(Cl)c1. The quantitative estimate of drug-likeness (QED) is 0.884. The number of likely N-dealkylation sites (tertiary alicyclic amines) is 1. The second kappa shape index (κ2) is 6.11. The lowest BCUT2D eigenvalue weighted by molar-refractivity contribution is -0.135. The van der Waals surface area contributed by atoms with Crippen molar-refractivity contribution in [3.63, 3.8) is 0 Å². The summed E-state index contributed by atoms with van der Waals surface area (Å²) in [6.07, 6.45) is -0.0488. The van der Waals surface area contributed by atoms with Crippen LogP contribution in [-0.4, -0.2) is 52.9 Å². The zero-order chi connectivity index (χ0) is 14.7. The molecule has 2 N–H and O–H groups in total. The Morgan fingerprint density at radius 2 is 2.20 bits per heavy atom. The number of carbonyl (C=O) groups is 2. The molecule has 0 aliphatic carbocycles. The van der Waals surface area contributed by atoms with Crippen LogP contribution in [0.3, 0.4) is 0 Å². The number of β-amino-alcohol motifs (C(OH)–C–C–N with tert-alkyl or cyclic N) is 1. The van der Waals surface area contributed by atoms with E-state index in [2.05, 4.69) is 0 Å². The van der Waals surface area contributed by atoms with Crippen LogP contribution in [0, 0.1) is 0 Å². The van der Waals surface area contributed by atoms with Crippen molar-refractivity contribution in [2.75, 3.05) is 24.5 Å². The second-order valence-corrected chi connectivity index (χ2v) is 5.07. The van der Waals surface area contributed by atoms with Crippen molar-refractivity contribution in [3.05, 3.63) is 29.3 Å². The molecule has 108 valence electrons. The van der Waals surface area contributed by atoms with Gasteiger partial charge in [-0.2, -0.15) is 0 Å². The molecule has 1 atom stereocenters. The zero-order valence-corrected chi connectivity index (χ0v) is 11.5. The van der Waals surface area contributed by atoms with Crippen molar-refractivity contribution in [1.82, 2.24) is 4.90 Å². The molecule has 1 heterocycles. The van der Waals surface area contributed by atoms with Crippen molar-refractivity contribution in [2.45, 2.75) is 12.5 Å². The third-order valence-corrected chi connectivity index (χ3v) is 3.31. The molecule has 1 unspecified atom stereocenters. The van der Waals surface area contributed by atoms with Crippen molar-refractivity contribution < 1.29 is 19.8 Å². The number of carboxylic acid groups (broad SMARTS) is 1. The lowest BCUT2D eigenvalue weighted by Gasteiger charge is -2.26. The Morgan fingerprint density at radius 1 is 1.45 bits per heavy atom. The number of aliphatic hydroxyl groups excluding tert-OH is 1. The van der Waals surface area contributed by atoms with Gasteiger partial charge in [-0.15, -0.1) is 0 Å². The molecule has 0 aromatic heterocycles. The molecule has 0 bridgehead atoms. The van der Waals surface area contributed by atoms with E-state index in [0.29, 0.717) is 23.7 Å². The highest BCUT2D eigenvalue weighted by atomic mass is 35.5. The molecule has 2 rings (SSSR count). The fourth-order valence-electron chi connectivity index (χ4n) is 2.13. The number of urea groups is 1. The molecule has 0 saturated carbocycles. The van der Waals surface area contributed by atoms with Gasteiger partial charge in [-0.1, -0.05) is 17.7 Å². The Morgan fingerprint density at radius 3 is 2.75 bits per heavy atom. The van der Waals surface area contributed by atoms with Crippen LogP contribution in [0.15, 0.2) is 24.3 Å². The van der Waals surface area contributed by atoms with Gasteiger partial charge in [0, 0.05) is 23.8 Å². The van der Waals surface area contributed by atoms with E-state index in [4.69, 9.17) is 16.7 Å². The predicted molar refractivity (Wildman–Crippen MR) is 74.0 cm³/mol. The molecule has 7 heteroatoms. The number of rotatable bonds is 3. The minimum Gasteiger partial charge on any atom is -0.480 e. The first-order valence-electron chi connectivity index (χ1n) is 6.19. The van der Waals surface area contributed by atoms with Crippen LogP contribution in [-0.2, 0) is 4.79 Å². The lowest BCUT2D eigenvalue weighted by atomic mass is 10.3. The van der Waals surface area contributed by atoms with Crippen LogP contribution in [0.5, 0.6) is 0 Å². The van der Waals surface area contributed by atoms with Crippen LogP contribution in [0.2, 0.25) is 5.02 Å². The van der Waals surface area contributed by atoms with E-state index in [-0.39, 0.29) is 6.54 Å². The molecule has 1 aliphatic rings. The number of carbonyl (C=O) groups excluding carboxylic acids is 1. The average Bonchev–Trinajstić information content (AvgIpc) is 2.81. The van der Waals surface area contributed by atoms with E-state index in [1.807, 2.05) is 0 Å². The van der Waals surface area contributed by atoms with Crippen molar-refractivity contribution in [1.29, 1.82) is 0 Å². The fraction of sp³-hybridized carbons (Fsp3) is 0.385. The highest BCUT2D eigenvalue weighted by Crippen LogP contribution is 2.22. The van der Waals surface area contributed by atoms with Crippen molar-refractivity contribution in [2.24, 2.45) is 0 Å². The number of aliphatic hydroxyl groups is 1. The van der Waals surface area contributed by atoms with Gasteiger partial charge in [0.1, 0.15) is 6.54 Å². The van der Waals surface area contributed by atoms with Gasteiger partial charge in [0.25, 0.3) is 0 Å². The first kappa shape index (κ1) is 14.6. The molecular formula is C13H15ClN2O4. The summed E-state index contributed by atoms with van der Waals surface area (Å²) in [5.41, 5.74) is 0.422. The maximum atomic E-state index is 12.4. The summed E-state index contributed by atoms with van der Waals surface area (Å²) in [4.78, 5) is 25.9. The average molecular weight is 299 g/mol. The van der Waals surface area contributed by atoms with Crippen LogP contribution < -0.4 is 4.90 Å². The van der Waals surface area contributed by atoms with Gasteiger partial charge < -0.3 is 15.1 Å². The fourth-order valence-corrected chi connectivity index (χ4v) is 2.32. The first-order chi connectivity index (χ1) is 9.47. The Balaban J connectivity index is 2.23. The van der Waals surface area contributed by atoms with E-state index >= 15 is 0 Å². The third-order valence-electron chi connectivity index (χ3n) is 3.08. The van der Waals surface area contributed by atoms with Crippen LogP contribution in [0.25, 0.3) is 0 Å². The third kappa shape index (κ3) is 3.40. The monoisotopic (exact) mass is 298 g/mol. The first-order valence-corrected chi connectivity index (χ1v) is 6.57. The van der Waals surface area contributed by atoms with Gasteiger partial charge in [-0.25, -0.2) is 4.79 Å². The topological polar surface area (TPSA) is 81.1 Å². The molecule has 20 heavy (non-hydrogen) atoms. The Labute approximate surface area is 121 Å². The summed E-state index contributed by atoms with van der Waals surface area (Å²) in [7, 11) is 0. The maximum Gasteiger partial charge on any atom is 0.325 e. The number of amides is 2. The molecule has 2 amide bonds. The number of hydrogen-bond acceptors (Lipinski definition) is 3. The van der Waals surface area contributed by atoms with Gasteiger partial charge in [-0.05, 0) is 24.6 Å². The van der Waals surface area contributed by atoms with Gasteiger partial charge in [0.15, 0.2) is 0 Å². The molecule has 0 radical (unpaired) electrons. The number of hydrogen-bond donors (Lipinski definition) is 2. The minimum atomic E-state index is -1.11. The maximum absolute atomic E-state index is 12.4. The predicted octanol–water partition coefficient (Wildman–Crippen LogP) is 1.42. The number of anilines is 1. The smallest absolute Gasteiger partial charge is 0.325 e. The molecule has 6 nitrogen and oxygen atoms in total. The number of nitrogens with zero attached hydrogens (tertiary/aromatic N) is 2. The van der Waals surface area contributed by atoms with Gasteiger partial charge in [-0.3, -0.25) is 9.69 Å². The molecular weight excluding hydrogens is 284 g/mol. The largest absolute Gasteiger partial charge is 0.480 e. The van der Waals surface area contributed by atoms with Crippen molar-refractivity contribution in [3.8, 4) is 0 Å². The van der Waals surface area contributed by atoms with E-state index < -0.39 is 24.6 Å². The highest BCUT2D eigenvalue weighted by molar-refractivity contribution is 6.30. The molecule has 1 aromatic rings. The zero-order valence-electron chi connectivity index (χ0n) is 10.7. The summed E-state index contributed by atoms with van der Waals surface area (Å²) in [5, 5.41) is 18.9. The summed E-state index contributed by atoms with van der Waals surface area (Å²) < 4.78 is 0. The Bertz CT molecular complexity index is 523. The molecule has 1 saturated heterocycles. The number of carboxylic acids is 1. The van der Waals surface area contributed by atoms with E-state index in [9.17, 15) is 14.7 Å². The highest BCUT2D eigenvalue weighted by Gasteiger charge is 2.30. The molecule has 1 aromatic carbocycles. The van der Waals surface area contributed by atoms with Crippen LogP contribution >= 0.6 is 11.6 Å². The summed E-state index contributed by atoms with van der Waals surface area (Å²) >= 11 is 5.87. The number of halogens is 1. The van der Waals surface area contributed by atoms with Crippen molar-refractivity contribution >= 4 is 29.3 Å². The summed E-state index contributed by atoms with van der Waals surface area (Å²) in [6, 6.07) is 6.02. The van der Waals surface area contributed by atoms with E-state index in [1.165, 1.54) is 11.0 Å². The van der Waals surface area contributed by atoms with E-state index in [0.717, 1.165) is 4.90 Å². The van der Waals surface area contributed by atoms with Gasteiger partial charge in [0.05, 0.1) is 6.10 Å². The second-order valence-electron chi connectivity index (χ2n) is 4.63. The van der Waals surface area contributed by atoms with Crippen LogP contribution in [0.1, 0.15) is 6.42 Å². The summed E-state index contributed by atoms with van der Waals surface area (Å²) in [6.45, 7) is 0.179. The Kier molecular flexibility index (Phi) is 4.46. The van der Waals surface area contributed by atoms with Gasteiger partial charge >= 0.3 is 12.0 Å². The normalized spacial score (nSPS) is 18.1. The van der Waals surface area contributed by atoms with E-state index in [1.54, 1.807) is 18.2 Å². The number of aliphatic carboxylic acids is 1. The molecule has 1 aliphatic heterocycles. The standard InChI is InChI=1S/C13H15ClN2O4/c14-9-2-1-3-10(6-9)16(8-12(18)19)13(20)15-5-4-11(17)7-15/h1-3,6,11,17H,4-5,7-8H2,(H,18,19). The lowest BCUT2D eigenvalue weighted by Crippen LogP contribution is -2.45.